The van der Waals surface area contributed by atoms with E-state index in [1.807, 2.05) is 0 Å². The van der Waals surface area contributed by atoms with Crippen LogP contribution in [0.2, 0.25) is 0 Å². The predicted molar refractivity (Wildman–Crippen MR) is 60.8 cm³/mol. The average Bonchev–Trinajstić information content (AvgIpc) is 2.67. The van der Waals surface area contributed by atoms with E-state index in [2.05, 4.69) is 62.1 Å². The summed E-state index contributed by atoms with van der Waals surface area (Å²) in [4.78, 5) is 0. The van der Waals surface area contributed by atoms with Gasteiger partial charge in [-0.2, -0.15) is 0 Å². The molecule has 0 unspecified atom stereocenters. The molecule has 0 saturated carbocycles. The van der Waals surface area contributed by atoms with Crippen LogP contribution >= 0.6 is 31.9 Å². The van der Waals surface area contributed by atoms with Crippen LogP contribution in [-0.2, 0) is 0 Å². The number of allylic oxidation sites excluding steroid dienone is 7. The highest BCUT2D eigenvalue weighted by molar-refractivity contribution is 9.28. The van der Waals surface area contributed by atoms with Crippen molar-refractivity contribution in [1.82, 2.24) is 0 Å². The zero-order valence-electron chi connectivity index (χ0n) is 6.80. The minimum Gasteiger partial charge on any atom is -0.320 e. The van der Waals surface area contributed by atoms with Crippen LogP contribution in [0.4, 0.5) is 0 Å². The molecule has 0 aromatic carbocycles. The molecule has 2 aliphatic carbocycles. The molecule has 0 saturated heterocycles. The highest BCUT2D eigenvalue weighted by atomic mass is 79.9. The smallest absolute Gasteiger partial charge is 0.0610 e. The Balaban J connectivity index is 0.000000396. The van der Waals surface area contributed by atoms with E-state index >= 15 is 0 Å². The van der Waals surface area contributed by atoms with Gasteiger partial charge >= 0.3 is 0 Å². The quantitative estimate of drug-likeness (QED) is 0.731. The average molecular weight is 307 g/mol. The molecule has 13 heavy (non-hydrogen) atoms. The van der Waals surface area contributed by atoms with Crippen LogP contribution in [0.5, 0.6) is 0 Å². The largest absolute Gasteiger partial charge is 0.320 e. The van der Waals surface area contributed by atoms with Gasteiger partial charge in [-0.1, -0.05) is 18.2 Å². The molecule has 0 amide bonds. The fourth-order valence-corrected chi connectivity index (χ4v) is 1.88. The fraction of sp³-hybridized carbons (Fsp3) is 0.111. The summed E-state index contributed by atoms with van der Waals surface area (Å²) >= 11 is 6.69. The molecule has 70 valence electrons. The normalized spacial score (nSPS) is 16.8. The maximum atomic E-state index is 6.50. The molecule has 2 bridgehead atoms. The number of nitrogens with two attached hydrogens (primary N) is 1. The van der Waals surface area contributed by atoms with Gasteiger partial charge in [0.05, 0.1) is 3.39 Å². The van der Waals surface area contributed by atoms with E-state index in [-0.39, 0.29) is 0 Å². The van der Waals surface area contributed by atoms with E-state index in [9.17, 15) is 0 Å². The summed E-state index contributed by atoms with van der Waals surface area (Å²) in [6.07, 6.45) is 9.79. The first-order chi connectivity index (χ1) is 6.25. The van der Waals surface area contributed by atoms with Gasteiger partial charge in [-0.15, -0.1) is 0 Å². The molecule has 0 heterocycles. The molecule has 0 atom stereocenters. The van der Waals surface area contributed by atoms with Crippen LogP contribution in [0.15, 0.2) is 44.4 Å². The van der Waals surface area contributed by atoms with E-state index < -0.39 is 0 Å². The Bertz CT molecular complexity index is 323. The number of rotatable bonds is 1. The summed E-state index contributed by atoms with van der Waals surface area (Å²) in [6, 6.07) is 0. The minimum atomic E-state index is 1.00. The van der Waals surface area contributed by atoms with Crippen molar-refractivity contribution in [2.75, 3.05) is 0 Å². The van der Waals surface area contributed by atoms with E-state index in [1.54, 1.807) is 0 Å². The van der Waals surface area contributed by atoms with Gasteiger partial charge in [0.2, 0.25) is 0 Å². The van der Waals surface area contributed by atoms with E-state index in [0.717, 1.165) is 9.81 Å². The van der Waals surface area contributed by atoms with E-state index in [4.69, 9.17) is 5.21 Å². The number of halogens is 2. The van der Waals surface area contributed by atoms with Crippen molar-refractivity contribution in [2.24, 2.45) is 5.90 Å². The van der Waals surface area contributed by atoms with E-state index in [0.29, 0.717) is 0 Å². The molecular weight excluding hydrogens is 298 g/mol. The fourth-order valence-electron chi connectivity index (χ4n) is 1.39. The summed E-state index contributed by atoms with van der Waals surface area (Å²) in [7, 11) is 0. The molecule has 0 fully saturated rings. The van der Waals surface area contributed by atoms with Gasteiger partial charge in [-0.05, 0) is 61.1 Å². The van der Waals surface area contributed by atoms with Crippen molar-refractivity contribution in [1.29, 1.82) is 0 Å². The molecule has 0 aromatic heterocycles. The van der Waals surface area contributed by atoms with Crippen molar-refractivity contribution in [2.45, 2.75) is 6.42 Å². The second kappa shape index (κ2) is 4.91. The van der Waals surface area contributed by atoms with Crippen molar-refractivity contribution in [3.8, 4) is 0 Å². The Kier molecular flexibility index (Phi) is 4.12. The summed E-state index contributed by atoms with van der Waals surface area (Å²) in [5.74, 6) is 3.50. The number of fused-ring (bicyclic) bond motifs is 2. The summed E-state index contributed by atoms with van der Waals surface area (Å²) in [6.45, 7) is 0. The zero-order chi connectivity index (χ0) is 9.84. The van der Waals surface area contributed by atoms with Gasteiger partial charge in [0.25, 0.3) is 0 Å². The lowest BCUT2D eigenvalue weighted by molar-refractivity contribution is 0.311. The monoisotopic (exact) mass is 305 g/mol. The molecule has 2 nitrogen and oxygen atoms in total. The molecular formula is C9H9Br2NO. The number of hydrogen-bond donors (Lipinski definition) is 2. The van der Waals surface area contributed by atoms with Crippen LogP contribution in [0, 0.1) is 0 Å². The van der Waals surface area contributed by atoms with Crippen molar-refractivity contribution < 1.29 is 5.21 Å². The summed E-state index contributed by atoms with van der Waals surface area (Å²) in [5.41, 5.74) is 4.18. The minimum absolute atomic E-state index is 1.00. The third-order valence-corrected chi connectivity index (χ3v) is 2.33. The summed E-state index contributed by atoms with van der Waals surface area (Å²) < 4.78 is 1.00. The van der Waals surface area contributed by atoms with Crippen LogP contribution < -0.4 is 5.90 Å². The Morgan fingerprint density at radius 3 is 2.46 bits per heavy atom. The van der Waals surface area contributed by atoms with Crippen LogP contribution in [0.3, 0.4) is 0 Å². The first-order valence-electron chi connectivity index (χ1n) is 3.66. The molecule has 0 spiro atoms. The molecule has 2 rings (SSSR count). The molecule has 0 aromatic rings. The molecule has 0 radical (unpaired) electrons. The third kappa shape index (κ3) is 2.64. The standard InChI is InChI=1S/C9H6Br2.H3NO/c10-9(11)5-8-4-6-1-2-7(8)3-6;1-2/h1-2,4-5H,3H2;2H,1H2. The topological polar surface area (TPSA) is 46.2 Å². The zero-order valence-corrected chi connectivity index (χ0v) is 9.97. The van der Waals surface area contributed by atoms with Crippen LogP contribution in [0.25, 0.3) is 0 Å². The van der Waals surface area contributed by atoms with Crippen molar-refractivity contribution >= 4 is 31.9 Å². The predicted octanol–water partition coefficient (Wildman–Crippen LogP) is 3.15. The lowest BCUT2D eigenvalue weighted by Crippen LogP contribution is -1.74. The van der Waals surface area contributed by atoms with E-state index in [1.165, 1.54) is 16.7 Å². The van der Waals surface area contributed by atoms with Gasteiger partial charge < -0.3 is 5.21 Å². The van der Waals surface area contributed by atoms with Gasteiger partial charge in [0.15, 0.2) is 0 Å². The Labute approximate surface area is 93.7 Å². The highest BCUT2D eigenvalue weighted by Gasteiger charge is 2.15. The van der Waals surface area contributed by atoms with Gasteiger partial charge in [-0.25, -0.2) is 5.90 Å². The Morgan fingerprint density at radius 2 is 2.08 bits per heavy atom. The van der Waals surface area contributed by atoms with Crippen LogP contribution in [-0.4, -0.2) is 5.21 Å². The Morgan fingerprint density at radius 1 is 1.38 bits per heavy atom. The molecule has 2 aliphatic rings. The van der Waals surface area contributed by atoms with Crippen LogP contribution in [0.1, 0.15) is 6.42 Å². The van der Waals surface area contributed by atoms with Gasteiger partial charge in [0.1, 0.15) is 0 Å². The lowest BCUT2D eigenvalue weighted by Gasteiger charge is -1.94. The highest BCUT2D eigenvalue weighted by Crippen LogP contribution is 2.35. The van der Waals surface area contributed by atoms with Crippen molar-refractivity contribution in [3.63, 3.8) is 0 Å². The molecule has 4 heteroatoms. The summed E-state index contributed by atoms with van der Waals surface area (Å²) in [5, 5.41) is 6.50. The maximum absolute atomic E-state index is 6.50. The van der Waals surface area contributed by atoms with Gasteiger partial charge in [-0.3, -0.25) is 0 Å². The Hall–Kier alpha value is -0.160. The second-order valence-corrected chi connectivity index (χ2v) is 5.42. The SMILES string of the molecule is BrC(Br)=CC1=C2C=CC(=C1)C2.NO. The van der Waals surface area contributed by atoms with Gasteiger partial charge in [0, 0.05) is 0 Å². The lowest BCUT2D eigenvalue weighted by atomic mass is 10.1. The van der Waals surface area contributed by atoms with Crippen molar-refractivity contribution in [3.05, 3.63) is 44.4 Å². The second-order valence-electron chi connectivity index (χ2n) is 2.64. The first-order valence-corrected chi connectivity index (χ1v) is 5.24. The third-order valence-electron chi connectivity index (χ3n) is 1.87. The maximum Gasteiger partial charge on any atom is 0.0610 e. The number of hydrogen-bond acceptors (Lipinski definition) is 2. The first kappa shape index (κ1) is 10.9. The molecule has 3 N–H and O–H groups in total. The molecule has 0 aliphatic heterocycles.